The predicted molar refractivity (Wildman–Crippen MR) is 133 cm³/mol. The van der Waals surface area contributed by atoms with Crippen LogP contribution < -0.4 is 5.32 Å². The number of hydrogen-bond acceptors (Lipinski definition) is 3. The number of carbonyl (C=O) groups is 2. The number of thioether (sulfide) groups is 1. The molecule has 0 radical (unpaired) electrons. The SMILES string of the molecule is Cc1ccc(SCCC(=O)N(Cc2ccccc2Cl)C(C)C(=O)NC2CCCCC2)cc1. The van der Waals surface area contributed by atoms with Gasteiger partial charge in [0, 0.05) is 34.7 Å². The van der Waals surface area contributed by atoms with E-state index >= 15 is 0 Å². The third-order valence-electron chi connectivity index (χ3n) is 6.02. The number of aryl methyl sites for hydroxylation is 1. The lowest BCUT2D eigenvalue weighted by Gasteiger charge is -2.31. The minimum Gasteiger partial charge on any atom is -0.352 e. The molecule has 1 fully saturated rings. The van der Waals surface area contributed by atoms with E-state index < -0.39 is 6.04 Å². The molecule has 1 atom stereocenters. The molecule has 1 unspecified atom stereocenters. The molecule has 0 aliphatic heterocycles. The lowest BCUT2D eigenvalue weighted by Crippen LogP contribution is -2.50. The van der Waals surface area contributed by atoms with Crippen LogP contribution in [-0.2, 0) is 16.1 Å². The number of amides is 2. The Kier molecular flexibility index (Phi) is 9.49. The van der Waals surface area contributed by atoms with Crippen molar-refractivity contribution in [3.05, 3.63) is 64.7 Å². The second-order valence-electron chi connectivity index (χ2n) is 8.54. The van der Waals surface area contributed by atoms with E-state index in [1.807, 2.05) is 31.2 Å². The molecular formula is C26H33ClN2O2S. The summed E-state index contributed by atoms with van der Waals surface area (Å²) in [5.74, 6) is 0.553. The highest BCUT2D eigenvalue weighted by Crippen LogP contribution is 2.23. The zero-order valence-electron chi connectivity index (χ0n) is 19.0. The molecule has 3 rings (SSSR count). The van der Waals surface area contributed by atoms with E-state index in [9.17, 15) is 9.59 Å². The summed E-state index contributed by atoms with van der Waals surface area (Å²) in [5, 5.41) is 3.78. The Hall–Kier alpha value is -1.98. The minimum atomic E-state index is -0.551. The van der Waals surface area contributed by atoms with Crippen LogP contribution in [0.3, 0.4) is 0 Å². The molecule has 4 nitrogen and oxygen atoms in total. The number of hydrogen-bond donors (Lipinski definition) is 1. The van der Waals surface area contributed by atoms with Crippen molar-refractivity contribution in [3.8, 4) is 0 Å². The third kappa shape index (κ3) is 7.28. The zero-order chi connectivity index (χ0) is 22.9. The highest BCUT2D eigenvalue weighted by Gasteiger charge is 2.28. The largest absolute Gasteiger partial charge is 0.352 e. The van der Waals surface area contributed by atoms with E-state index in [0.717, 1.165) is 36.1 Å². The van der Waals surface area contributed by atoms with Gasteiger partial charge in [-0.2, -0.15) is 0 Å². The maximum absolute atomic E-state index is 13.2. The van der Waals surface area contributed by atoms with Gasteiger partial charge in [0.1, 0.15) is 6.04 Å². The molecule has 1 N–H and O–H groups in total. The molecule has 2 aromatic carbocycles. The number of benzene rings is 2. The van der Waals surface area contributed by atoms with Crippen molar-refractivity contribution in [2.75, 3.05) is 5.75 Å². The first-order valence-electron chi connectivity index (χ1n) is 11.5. The standard InChI is InChI=1S/C26H33ClN2O2S/c1-19-12-14-23(15-13-19)32-17-16-25(30)29(18-21-8-6-7-11-24(21)27)20(2)26(31)28-22-9-4-3-5-10-22/h6-8,11-15,20,22H,3-5,9-10,16-18H2,1-2H3,(H,28,31). The maximum Gasteiger partial charge on any atom is 0.242 e. The van der Waals surface area contributed by atoms with Gasteiger partial charge in [-0.3, -0.25) is 9.59 Å². The van der Waals surface area contributed by atoms with Crippen LogP contribution in [0, 0.1) is 6.92 Å². The Morgan fingerprint density at radius 1 is 1.09 bits per heavy atom. The fraction of sp³-hybridized carbons (Fsp3) is 0.462. The van der Waals surface area contributed by atoms with Gasteiger partial charge in [-0.15, -0.1) is 11.8 Å². The number of halogens is 1. The number of rotatable bonds is 9. The van der Waals surface area contributed by atoms with Crippen LogP contribution in [0.1, 0.15) is 56.6 Å². The summed E-state index contributed by atoms with van der Waals surface area (Å²) in [4.78, 5) is 29.1. The summed E-state index contributed by atoms with van der Waals surface area (Å²) in [6.07, 6.45) is 5.94. The Morgan fingerprint density at radius 3 is 2.47 bits per heavy atom. The molecular weight excluding hydrogens is 440 g/mol. The Labute approximate surface area is 201 Å². The van der Waals surface area contributed by atoms with E-state index in [-0.39, 0.29) is 17.9 Å². The van der Waals surface area contributed by atoms with Gasteiger partial charge in [0.15, 0.2) is 0 Å². The maximum atomic E-state index is 13.2. The molecule has 2 amide bonds. The molecule has 0 spiro atoms. The van der Waals surface area contributed by atoms with Crippen LogP contribution in [0.5, 0.6) is 0 Å². The second-order valence-corrected chi connectivity index (χ2v) is 10.1. The smallest absolute Gasteiger partial charge is 0.242 e. The highest BCUT2D eigenvalue weighted by atomic mass is 35.5. The summed E-state index contributed by atoms with van der Waals surface area (Å²) < 4.78 is 0. The lowest BCUT2D eigenvalue weighted by atomic mass is 9.95. The Morgan fingerprint density at radius 2 is 1.78 bits per heavy atom. The van der Waals surface area contributed by atoms with Gasteiger partial charge in [0.25, 0.3) is 0 Å². The Bertz CT molecular complexity index is 897. The first-order chi connectivity index (χ1) is 15.4. The van der Waals surface area contributed by atoms with Crippen LogP contribution in [-0.4, -0.2) is 34.6 Å². The molecule has 1 aliphatic carbocycles. The van der Waals surface area contributed by atoms with Crippen molar-refractivity contribution in [1.29, 1.82) is 0 Å². The average Bonchev–Trinajstić information content (AvgIpc) is 2.80. The van der Waals surface area contributed by atoms with Gasteiger partial charge in [-0.05, 0) is 50.5 Å². The van der Waals surface area contributed by atoms with Crippen molar-refractivity contribution in [2.24, 2.45) is 0 Å². The van der Waals surface area contributed by atoms with Crippen molar-refractivity contribution < 1.29 is 9.59 Å². The van der Waals surface area contributed by atoms with Gasteiger partial charge in [-0.25, -0.2) is 0 Å². The topological polar surface area (TPSA) is 49.4 Å². The Balaban J connectivity index is 1.65. The summed E-state index contributed by atoms with van der Waals surface area (Å²) in [7, 11) is 0. The average molecular weight is 473 g/mol. The fourth-order valence-corrected chi connectivity index (χ4v) is 5.03. The molecule has 32 heavy (non-hydrogen) atoms. The van der Waals surface area contributed by atoms with Crippen molar-refractivity contribution >= 4 is 35.2 Å². The van der Waals surface area contributed by atoms with Crippen LogP contribution in [0.2, 0.25) is 5.02 Å². The number of nitrogens with zero attached hydrogens (tertiary/aromatic N) is 1. The molecule has 0 saturated heterocycles. The van der Waals surface area contributed by atoms with Gasteiger partial charge in [0.2, 0.25) is 11.8 Å². The molecule has 0 aromatic heterocycles. The molecule has 0 heterocycles. The second kappa shape index (κ2) is 12.3. The van der Waals surface area contributed by atoms with Crippen molar-refractivity contribution in [3.63, 3.8) is 0 Å². The van der Waals surface area contributed by atoms with E-state index in [4.69, 9.17) is 11.6 Å². The van der Waals surface area contributed by atoms with Gasteiger partial charge in [0.05, 0.1) is 0 Å². The quantitative estimate of drug-likeness (QED) is 0.455. The van der Waals surface area contributed by atoms with E-state index in [2.05, 4.69) is 36.5 Å². The predicted octanol–water partition coefficient (Wildman–Crippen LogP) is 6.00. The first-order valence-corrected chi connectivity index (χ1v) is 12.8. The molecule has 2 aromatic rings. The van der Waals surface area contributed by atoms with E-state index in [1.54, 1.807) is 16.7 Å². The third-order valence-corrected chi connectivity index (χ3v) is 7.41. The van der Waals surface area contributed by atoms with Gasteiger partial charge >= 0.3 is 0 Å². The van der Waals surface area contributed by atoms with Gasteiger partial charge in [-0.1, -0.05) is 66.8 Å². The van der Waals surface area contributed by atoms with Crippen LogP contribution in [0.15, 0.2) is 53.4 Å². The lowest BCUT2D eigenvalue weighted by molar-refractivity contribution is -0.140. The van der Waals surface area contributed by atoms with Crippen LogP contribution in [0.25, 0.3) is 0 Å². The summed E-state index contributed by atoms with van der Waals surface area (Å²) >= 11 is 8.03. The van der Waals surface area contributed by atoms with Crippen molar-refractivity contribution in [2.45, 2.75) is 75.9 Å². The van der Waals surface area contributed by atoms with Crippen LogP contribution in [0.4, 0.5) is 0 Å². The number of nitrogens with one attached hydrogen (secondary N) is 1. The summed E-state index contributed by atoms with van der Waals surface area (Å²) in [6, 6.07) is 15.5. The van der Waals surface area contributed by atoms with Crippen molar-refractivity contribution in [1.82, 2.24) is 10.2 Å². The normalized spacial score (nSPS) is 15.2. The number of carbonyl (C=O) groups excluding carboxylic acids is 2. The van der Waals surface area contributed by atoms with E-state index in [1.165, 1.54) is 12.0 Å². The molecule has 6 heteroatoms. The zero-order valence-corrected chi connectivity index (χ0v) is 20.6. The highest BCUT2D eigenvalue weighted by molar-refractivity contribution is 7.99. The van der Waals surface area contributed by atoms with Gasteiger partial charge < -0.3 is 10.2 Å². The molecule has 0 bridgehead atoms. The summed E-state index contributed by atoms with van der Waals surface area (Å²) in [6.45, 7) is 4.21. The van der Waals surface area contributed by atoms with E-state index in [0.29, 0.717) is 23.7 Å². The van der Waals surface area contributed by atoms with Crippen LogP contribution >= 0.6 is 23.4 Å². The molecule has 1 saturated carbocycles. The monoisotopic (exact) mass is 472 g/mol. The first kappa shape index (κ1) is 24.7. The summed E-state index contributed by atoms with van der Waals surface area (Å²) in [5.41, 5.74) is 2.07. The fourth-order valence-electron chi connectivity index (χ4n) is 4.00. The molecule has 172 valence electrons. The minimum absolute atomic E-state index is 0.0316. The molecule has 1 aliphatic rings.